The molecule has 1 heterocycles. The molecule has 0 aliphatic heterocycles. The number of fused-ring (bicyclic) bond motifs is 1. The molecule has 3 nitrogen and oxygen atoms in total. The molecule has 1 aromatic carbocycles. The van der Waals surface area contributed by atoms with E-state index in [4.69, 9.17) is 0 Å². The summed E-state index contributed by atoms with van der Waals surface area (Å²) in [5.74, 6) is 0. The van der Waals surface area contributed by atoms with Gasteiger partial charge in [-0.15, -0.1) is 0 Å². The van der Waals surface area contributed by atoms with Crippen molar-refractivity contribution in [1.82, 2.24) is 9.47 Å². The lowest BCUT2D eigenvalue weighted by molar-refractivity contribution is 0.139. The number of hydrogen-bond donors (Lipinski definition) is 1. The fraction of sp³-hybridized carbons (Fsp3) is 0.385. The van der Waals surface area contributed by atoms with Crippen molar-refractivity contribution in [2.75, 3.05) is 20.6 Å². The van der Waals surface area contributed by atoms with Gasteiger partial charge in [0.05, 0.1) is 6.10 Å². The molecule has 0 spiro atoms. The maximum Gasteiger partial charge on any atom is 0.0937 e. The topological polar surface area (TPSA) is 28.4 Å². The molecule has 0 saturated carbocycles. The summed E-state index contributed by atoms with van der Waals surface area (Å²) in [6, 6.07) is 8.16. The van der Waals surface area contributed by atoms with Gasteiger partial charge in [-0.1, -0.05) is 18.2 Å². The first-order valence-corrected chi connectivity index (χ1v) is 5.46. The highest BCUT2D eigenvalue weighted by Gasteiger charge is 2.14. The van der Waals surface area contributed by atoms with Gasteiger partial charge in [-0.2, -0.15) is 0 Å². The van der Waals surface area contributed by atoms with Crippen LogP contribution in [0.2, 0.25) is 0 Å². The van der Waals surface area contributed by atoms with Crippen LogP contribution in [0.4, 0.5) is 0 Å². The highest BCUT2D eigenvalue weighted by Crippen LogP contribution is 2.25. The summed E-state index contributed by atoms with van der Waals surface area (Å²) in [6.45, 7) is 0.647. The van der Waals surface area contributed by atoms with E-state index >= 15 is 0 Å². The largest absolute Gasteiger partial charge is 0.387 e. The summed E-state index contributed by atoms with van der Waals surface area (Å²) in [7, 11) is 5.94. The van der Waals surface area contributed by atoms with Crippen molar-refractivity contribution in [3.63, 3.8) is 0 Å². The Balaban J connectivity index is 2.44. The van der Waals surface area contributed by atoms with Crippen molar-refractivity contribution in [2.45, 2.75) is 6.10 Å². The molecule has 16 heavy (non-hydrogen) atoms. The Kier molecular flexibility index (Phi) is 2.99. The van der Waals surface area contributed by atoms with Gasteiger partial charge in [0.2, 0.25) is 0 Å². The minimum atomic E-state index is -0.430. The van der Waals surface area contributed by atoms with E-state index in [1.54, 1.807) is 0 Å². The van der Waals surface area contributed by atoms with Crippen LogP contribution in [-0.4, -0.2) is 35.2 Å². The first kappa shape index (κ1) is 11.2. The van der Waals surface area contributed by atoms with Crippen LogP contribution >= 0.6 is 0 Å². The van der Waals surface area contributed by atoms with Crippen LogP contribution in [0, 0.1) is 0 Å². The Labute approximate surface area is 95.9 Å². The fourth-order valence-electron chi connectivity index (χ4n) is 2.08. The molecule has 2 rings (SSSR count). The molecule has 0 fully saturated rings. The summed E-state index contributed by atoms with van der Waals surface area (Å²) in [5.41, 5.74) is 2.17. The lowest BCUT2D eigenvalue weighted by atomic mass is 10.1. The number of aliphatic hydroxyl groups is 1. The molecule has 1 N–H and O–H groups in total. The van der Waals surface area contributed by atoms with Gasteiger partial charge in [-0.25, -0.2) is 0 Å². The second-order valence-electron chi connectivity index (χ2n) is 4.49. The molecule has 3 heteroatoms. The number of para-hydroxylation sites is 1. The molecular weight excluding hydrogens is 200 g/mol. The Morgan fingerprint density at radius 1 is 1.31 bits per heavy atom. The number of likely N-dealkylation sites (N-methyl/N-ethyl adjacent to an activating group) is 1. The highest BCUT2D eigenvalue weighted by atomic mass is 16.3. The van der Waals surface area contributed by atoms with Gasteiger partial charge in [0.25, 0.3) is 0 Å². The predicted molar refractivity (Wildman–Crippen MR) is 66.4 cm³/mol. The van der Waals surface area contributed by atoms with Crippen molar-refractivity contribution < 1.29 is 5.11 Å². The molecule has 0 bridgehead atoms. The maximum atomic E-state index is 10.1. The molecule has 1 atom stereocenters. The third kappa shape index (κ3) is 1.96. The molecule has 0 aliphatic carbocycles. The number of aromatic nitrogens is 1. The summed E-state index contributed by atoms with van der Waals surface area (Å²) >= 11 is 0. The standard InChI is InChI=1S/C13H18N2O/c1-14(2)9-13(16)11-8-15(3)12-7-5-4-6-10(11)12/h4-8,13,16H,9H2,1-3H3. The number of aryl methyl sites for hydroxylation is 1. The predicted octanol–water partition coefficient (Wildman–Crippen LogP) is 1.77. The molecular formula is C13H18N2O. The van der Waals surface area contributed by atoms with E-state index in [1.807, 2.05) is 44.4 Å². The van der Waals surface area contributed by atoms with E-state index in [0.717, 1.165) is 16.5 Å². The molecule has 0 radical (unpaired) electrons. The van der Waals surface area contributed by atoms with Crippen LogP contribution in [0.15, 0.2) is 30.5 Å². The summed E-state index contributed by atoms with van der Waals surface area (Å²) < 4.78 is 2.06. The van der Waals surface area contributed by atoms with Crippen LogP contribution < -0.4 is 0 Å². The van der Waals surface area contributed by atoms with E-state index in [2.05, 4.69) is 16.7 Å². The summed E-state index contributed by atoms with van der Waals surface area (Å²) in [4.78, 5) is 1.99. The Hall–Kier alpha value is -1.32. The summed E-state index contributed by atoms with van der Waals surface area (Å²) in [5, 5.41) is 11.3. The van der Waals surface area contributed by atoms with Gasteiger partial charge < -0.3 is 14.6 Å². The van der Waals surface area contributed by atoms with Gasteiger partial charge >= 0.3 is 0 Å². The zero-order valence-corrected chi connectivity index (χ0v) is 10.0. The molecule has 0 aliphatic rings. The van der Waals surface area contributed by atoms with Crippen molar-refractivity contribution in [1.29, 1.82) is 0 Å². The zero-order valence-electron chi connectivity index (χ0n) is 10.0. The normalized spacial score (nSPS) is 13.6. The highest BCUT2D eigenvalue weighted by molar-refractivity contribution is 5.84. The zero-order chi connectivity index (χ0) is 11.7. The van der Waals surface area contributed by atoms with Gasteiger partial charge in [-0.3, -0.25) is 0 Å². The van der Waals surface area contributed by atoms with Gasteiger partial charge in [0.1, 0.15) is 0 Å². The van der Waals surface area contributed by atoms with Crippen molar-refractivity contribution in [2.24, 2.45) is 7.05 Å². The Morgan fingerprint density at radius 2 is 2.00 bits per heavy atom. The smallest absolute Gasteiger partial charge is 0.0937 e. The average molecular weight is 218 g/mol. The number of aliphatic hydroxyl groups excluding tert-OH is 1. The lowest BCUT2D eigenvalue weighted by Gasteiger charge is -2.15. The van der Waals surface area contributed by atoms with E-state index in [0.29, 0.717) is 6.54 Å². The van der Waals surface area contributed by atoms with E-state index in [1.165, 1.54) is 0 Å². The lowest BCUT2D eigenvalue weighted by Crippen LogP contribution is -2.19. The first-order chi connectivity index (χ1) is 7.59. The molecule has 1 unspecified atom stereocenters. The second kappa shape index (κ2) is 4.28. The average Bonchev–Trinajstić information content (AvgIpc) is 2.56. The molecule has 1 aromatic heterocycles. The van der Waals surface area contributed by atoms with Crippen molar-refractivity contribution in [3.05, 3.63) is 36.0 Å². The van der Waals surface area contributed by atoms with Crippen LogP contribution in [0.3, 0.4) is 0 Å². The van der Waals surface area contributed by atoms with Crippen molar-refractivity contribution in [3.8, 4) is 0 Å². The minimum Gasteiger partial charge on any atom is -0.387 e. The first-order valence-electron chi connectivity index (χ1n) is 5.46. The molecule has 86 valence electrons. The molecule has 2 aromatic rings. The third-order valence-electron chi connectivity index (χ3n) is 2.82. The number of benzene rings is 1. The quantitative estimate of drug-likeness (QED) is 0.850. The minimum absolute atomic E-state index is 0.430. The van der Waals surface area contributed by atoms with Crippen LogP contribution in [0.25, 0.3) is 10.9 Å². The summed E-state index contributed by atoms with van der Waals surface area (Å²) in [6.07, 6.45) is 1.58. The molecule has 0 saturated heterocycles. The Bertz CT molecular complexity index is 488. The van der Waals surface area contributed by atoms with Gasteiger partial charge in [-0.05, 0) is 20.2 Å². The van der Waals surface area contributed by atoms with E-state index in [9.17, 15) is 5.11 Å². The van der Waals surface area contributed by atoms with Crippen molar-refractivity contribution >= 4 is 10.9 Å². The number of rotatable bonds is 3. The van der Waals surface area contributed by atoms with Crippen LogP contribution in [-0.2, 0) is 7.05 Å². The second-order valence-corrected chi connectivity index (χ2v) is 4.49. The number of nitrogens with zero attached hydrogens (tertiary/aromatic N) is 2. The van der Waals surface area contributed by atoms with E-state index < -0.39 is 6.10 Å². The third-order valence-corrected chi connectivity index (χ3v) is 2.82. The van der Waals surface area contributed by atoms with E-state index in [-0.39, 0.29) is 0 Å². The van der Waals surface area contributed by atoms with Gasteiger partial charge in [0, 0.05) is 36.3 Å². The maximum absolute atomic E-state index is 10.1. The van der Waals surface area contributed by atoms with Crippen LogP contribution in [0.5, 0.6) is 0 Å². The van der Waals surface area contributed by atoms with Crippen LogP contribution in [0.1, 0.15) is 11.7 Å². The molecule has 0 amide bonds. The van der Waals surface area contributed by atoms with Gasteiger partial charge in [0.15, 0.2) is 0 Å². The monoisotopic (exact) mass is 218 g/mol. The SMILES string of the molecule is CN(C)CC(O)c1cn(C)c2ccccc12. The Morgan fingerprint density at radius 3 is 2.69 bits per heavy atom. The fourth-order valence-corrected chi connectivity index (χ4v) is 2.08. The number of hydrogen-bond acceptors (Lipinski definition) is 2.